The molecule has 0 aliphatic carbocycles. The van der Waals surface area contributed by atoms with Crippen LogP contribution in [-0.4, -0.2) is 54.8 Å². The van der Waals surface area contributed by atoms with Crippen LogP contribution in [0.15, 0.2) is 0 Å². The van der Waals surface area contributed by atoms with Gasteiger partial charge in [0.05, 0.1) is 7.11 Å². The van der Waals surface area contributed by atoms with E-state index < -0.39 is 35.7 Å². The average Bonchev–Trinajstić information content (AvgIpc) is 2.53. The Kier molecular flexibility index (Phi) is 10.6. The maximum atomic E-state index is 12.6. The summed E-state index contributed by atoms with van der Waals surface area (Å²) in [6, 6.07) is -1.53. The van der Waals surface area contributed by atoms with E-state index in [-0.39, 0.29) is 5.92 Å². The number of hydrogen-bond donors (Lipinski definition) is 2. The molecular weight excluding hydrogens is 344 g/mol. The third kappa shape index (κ3) is 9.57. The van der Waals surface area contributed by atoms with Crippen LogP contribution < -0.4 is 10.6 Å². The Bertz CT molecular complexity index is 451. The number of thioether (sulfide) groups is 1. The zero-order chi connectivity index (χ0) is 19.6. The van der Waals surface area contributed by atoms with Crippen LogP contribution in [0.3, 0.4) is 0 Å². The topological polar surface area (TPSA) is 93.7 Å². The van der Waals surface area contributed by atoms with Crippen LogP contribution in [0.2, 0.25) is 0 Å². The van der Waals surface area contributed by atoms with Gasteiger partial charge in [0.25, 0.3) is 0 Å². The van der Waals surface area contributed by atoms with Crippen molar-refractivity contribution in [3.05, 3.63) is 0 Å². The molecule has 7 nitrogen and oxygen atoms in total. The first-order chi connectivity index (χ1) is 11.6. The monoisotopic (exact) mass is 376 g/mol. The summed E-state index contributed by atoms with van der Waals surface area (Å²) in [5.74, 6) is -0.335. The van der Waals surface area contributed by atoms with Crippen LogP contribution in [0, 0.1) is 5.92 Å². The van der Waals surface area contributed by atoms with E-state index in [0.29, 0.717) is 18.6 Å². The number of hydrogen-bond acceptors (Lipinski definition) is 6. The molecule has 0 aromatic carbocycles. The Morgan fingerprint density at radius 3 is 2.20 bits per heavy atom. The maximum Gasteiger partial charge on any atom is 0.408 e. The molecule has 2 amide bonds. The van der Waals surface area contributed by atoms with Crippen molar-refractivity contribution in [1.82, 2.24) is 10.6 Å². The summed E-state index contributed by atoms with van der Waals surface area (Å²) < 4.78 is 9.98. The third-order valence-electron chi connectivity index (χ3n) is 3.58. The van der Waals surface area contributed by atoms with Gasteiger partial charge >= 0.3 is 12.1 Å². The SMILES string of the molecule is CC[C@H](C)[C@H](NC(=O)OC(C)(C)C)C(=O)N[C@H](CCSC)C(=O)OC. The van der Waals surface area contributed by atoms with Crippen molar-refractivity contribution in [3.63, 3.8) is 0 Å². The fourth-order valence-electron chi connectivity index (χ4n) is 2.02. The molecule has 0 spiro atoms. The quantitative estimate of drug-likeness (QED) is 0.600. The number of methoxy groups -OCH3 is 1. The van der Waals surface area contributed by atoms with Gasteiger partial charge in [-0.3, -0.25) is 4.79 Å². The fraction of sp³-hybridized carbons (Fsp3) is 0.824. The minimum Gasteiger partial charge on any atom is -0.467 e. The molecule has 3 atom stereocenters. The Morgan fingerprint density at radius 1 is 1.16 bits per heavy atom. The van der Waals surface area contributed by atoms with Gasteiger partial charge in [0.15, 0.2) is 0 Å². The minimum atomic E-state index is -0.790. The number of alkyl carbamates (subject to hydrolysis) is 1. The summed E-state index contributed by atoms with van der Waals surface area (Å²) >= 11 is 1.57. The summed E-state index contributed by atoms with van der Waals surface area (Å²) in [5, 5.41) is 5.30. The lowest BCUT2D eigenvalue weighted by molar-refractivity contribution is -0.145. The molecule has 0 aliphatic rings. The number of carbonyl (C=O) groups is 3. The zero-order valence-corrected chi connectivity index (χ0v) is 17.1. The van der Waals surface area contributed by atoms with Crippen LogP contribution in [0.4, 0.5) is 4.79 Å². The number of amides is 2. The fourth-order valence-corrected chi connectivity index (χ4v) is 2.50. The van der Waals surface area contributed by atoms with E-state index in [4.69, 9.17) is 9.47 Å². The number of ether oxygens (including phenoxy) is 2. The molecule has 25 heavy (non-hydrogen) atoms. The van der Waals surface area contributed by atoms with Crippen LogP contribution in [-0.2, 0) is 19.1 Å². The second kappa shape index (κ2) is 11.2. The van der Waals surface area contributed by atoms with Crippen LogP contribution in [0.1, 0.15) is 47.5 Å². The second-order valence-corrected chi connectivity index (χ2v) is 7.86. The van der Waals surface area contributed by atoms with Gasteiger partial charge in [-0.25, -0.2) is 9.59 Å². The minimum absolute atomic E-state index is 0.119. The van der Waals surface area contributed by atoms with Crippen LogP contribution in [0.25, 0.3) is 0 Å². The van der Waals surface area contributed by atoms with E-state index in [0.717, 1.165) is 0 Å². The van der Waals surface area contributed by atoms with Gasteiger partial charge in [-0.1, -0.05) is 20.3 Å². The first-order valence-corrected chi connectivity index (χ1v) is 9.81. The van der Waals surface area contributed by atoms with E-state index in [9.17, 15) is 14.4 Å². The standard InChI is InChI=1S/C17H32N2O5S/c1-8-11(2)13(19-16(22)24-17(3,4)5)14(20)18-12(9-10-25-7)15(21)23-6/h11-13H,8-10H2,1-7H3,(H,18,20)(H,19,22)/t11-,12+,13-/m0/s1. The molecule has 146 valence electrons. The molecule has 0 saturated heterocycles. The Morgan fingerprint density at radius 2 is 1.76 bits per heavy atom. The van der Waals surface area contributed by atoms with Crippen molar-refractivity contribution in [2.24, 2.45) is 5.92 Å². The van der Waals surface area contributed by atoms with Gasteiger partial charge in [-0.2, -0.15) is 11.8 Å². The molecule has 0 heterocycles. The summed E-state index contributed by atoms with van der Waals surface area (Å²) in [6.07, 6.45) is 2.40. The van der Waals surface area contributed by atoms with Gasteiger partial charge < -0.3 is 20.1 Å². The number of carbonyl (C=O) groups excluding carboxylic acids is 3. The first kappa shape index (κ1) is 23.6. The predicted octanol–water partition coefficient (Wildman–Crippen LogP) is 2.34. The lowest BCUT2D eigenvalue weighted by Gasteiger charge is -2.27. The average molecular weight is 377 g/mol. The highest BCUT2D eigenvalue weighted by Crippen LogP contribution is 2.12. The van der Waals surface area contributed by atoms with E-state index in [1.54, 1.807) is 32.5 Å². The van der Waals surface area contributed by atoms with Crippen molar-refractivity contribution >= 4 is 29.7 Å². The Balaban J connectivity index is 5.08. The first-order valence-electron chi connectivity index (χ1n) is 8.42. The highest BCUT2D eigenvalue weighted by molar-refractivity contribution is 7.98. The maximum absolute atomic E-state index is 12.6. The molecule has 0 aromatic rings. The van der Waals surface area contributed by atoms with E-state index in [1.807, 2.05) is 20.1 Å². The van der Waals surface area contributed by atoms with Gasteiger partial charge in [0, 0.05) is 0 Å². The van der Waals surface area contributed by atoms with Crippen molar-refractivity contribution < 1.29 is 23.9 Å². The molecule has 8 heteroatoms. The molecule has 0 bridgehead atoms. The Labute approximate surface area is 155 Å². The van der Waals surface area contributed by atoms with Gasteiger partial charge in [-0.15, -0.1) is 0 Å². The van der Waals surface area contributed by atoms with Crippen LogP contribution in [0.5, 0.6) is 0 Å². The highest BCUT2D eigenvalue weighted by Gasteiger charge is 2.31. The van der Waals surface area contributed by atoms with E-state index in [2.05, 4.69) is 10.6 Å². The van der Waals surface area contributed by atoms with E-state index >= 15 is 0 Å². The molecule has 0 aromatic heterocycles. The molecule has 0 unspecified atom stereocenters. The normalized spacial score (nSPS) is 14.8. The molecule has 0 radical (unpaired) electrons. The third-order valence-corrected chi connectivity index (χ3v) is 4.22. The highest BCUT2D eigenvalue weighted by atomic mass is 32.2. The Hall–Kier alpha value is -1.44. The van der Waals surface area contributed by atoms with Crippen molar-refractivity contribution in [2.45, 2.75) is 65.1 Å². The molecule has 0 aliphatic heterocycles. The zero-order valence-electron chi connectivity index (χ0n) is 16.3. The van der Waals surface area contributed by atoms with E-state index in [1.165, 1.54) is 7.11 Å². The summed E-state index contributed by atoms with van der Waals surface area (Å²) in [5.41, 5.74) is -0.659. The second-order valence-electron chi connectivity index (χ2n) is 6.88. The smallest absolute Gasteiger partial charge is 0.408 e. The summed E-state index contributed by atoms with van der Waals surface area (Å²) in [4.78, 5) is 36.5. The molecule has 0 fully saturated rings. The summed E-state index contributed by atoms with van der Waals surface area (Å²) in [6.45, 7) is 9.03. The number of nitrogens with one attached hydrogen (secondary N) is 2. The van der Waals surface area contributed by atoms with Crippen molar-refractivity contribution in [1.29, 1.82) is 0 Å². The largest absolute Gasteiger partial charge is 0.467 e. The van der Waals surface area contributed by atoms with Crippen molar-refractivity contribution in [2.75, 3.05) is 19.1 Å². The summed E-state index contributed by atoms with van der Waals surface area (Å²) in [7, 11) is 1.28. The van der Waals surface area contributed by atoms with Gasteiger partial charge in [0.2, 0.25) is 5.91 Å². The number of rotatable bonds is 9. The van der Waals surface area contributed by atoms with Gasteiger partial charge in [0.1, 0.15) is 17.7 Å². The molecular formula is C17H32N2O5S. The van der Waals surface area contributed by atoms with Crippen molar-refractivity contribution in [3.8, 4) is 0 Å². The molecule has 0 rings (SSSR count). The lowest BCUT2D eigenvalue weighted by Crippen LogP contribution is -2.55. The predicted molar refractivity (Wildman–Crippen MR) is 99.6 cm³/mol. The molecule has 2 N–H and O–H groups in total. The molecule has 0 saturated carbocycles. The number of esters is 1. The van der Waals surface area contributed by atoms with Crippen LogP contribution >= 0.6 is 11.8 Å². The lowest BCUT2D eigenvalue weighted by atomic mass is 9.98. The van der Waals surface area contributed by atoms with Gasteiger partial charge in [-0.05, 0) is 45.1 Å².